The lowest BCUT2D eigenvalue weighted by molar-refractivity contribution is 0.268. The second-order valence-corrected chi connectivity index (χ2v) is 13.1. The molecule has 3 aliphatic rings. The zero-order valence-electron chi connectivity index (χ0n) is 23.4. The fourth-order valence-electron chi connectivity index (χ4n) is 6.02. The van der Waals surface area contributed by atoms with Gasteiger partial charge in [0.05, 0.1) is 5.75 Å². The van der Waals surface area contributed by atoms with Crippen LogP contribution >= 0.6 is 0 Å². The Balaban J connectivity index is 1.09. The Bertz CT molecular complexity index is 961. The molecule has 2 aliphatic carbocycles. The van der Waals surface area contributed by atoms with Gasteiger partial charge in [-0.15, -0.1) is 0 Å². The summed E-state index contributed by atoms with van der Waals surface area (Å²) < 4.78 is 31.0. The standard InChI is InChI=1S/C26H49N9O3S/c27-24-31-25(33-26(32-24)35-15-13-34(14-16-35)17-18-39(36,37)38)30-20-22-9-7-21(8-10-22)19-28-11-4-12-29-23-5-2-1-3-6-23/h21-23,28-29H,1-20H2,(H,36,37,38)(H3,27,30,31,32,33)/t21-,22-. The van der Waals surface area contributed by atoms with Gasteiger partial charge in [-0.3, -0.25) is 9.45 Å². The van der Waals surface area contributed by atoms with Gasteiger partial charge in [-0.1, -0.05) is 19.3 Å². The molecule has 0 unspecified atom stereocenters. The van der Waals surface area contributed by atoms with Crippen LogP contribution in [-0.4, -0.2) is 104 Å². The summed E-state index contributed by atoms with van der Waals surface area (Å²) in [5, 5.41) is 10.8. The third kappa shape index (κ3) is 10.9. The minimum absolute atomic E-state index is 0.194. The topological polar surface area (TPSA) is 162 Å². The summed E-state index contributed by atoms with van der Waals surface area (Å²) in [7, 11) is -3.95. The number of nitrogen functional groups attached to an aromatic ring is 1. The van der Waals surface area contributed by atoms with Crippen molar-refractivity contribution < 1.29 is 13.0 Å². The molecule has 0 atom stereocenters. The number of hydrogen-bond acceptors (Lipinski definition) is 11. The maximum atomic E-state index is 11.0. The summed E-state index contributed by atoms with van der Waals surface area (Å²) in [6.07, 6.45) is 13.0. The monoisotopic (exact) mass is 567 g/mol. The molecule has 1 saturated heterocycles. The van der Waals surface area contributed by atoms with Crippen LogP contribution in [-0.2, 0) is 10.1 Å². The van der Waals surface area contributed by atoms with Gasteiger partial charge < -0.3 is 26.6 Å². The molecule has 39 heavy (non-hydrogen) atoms. The van der Waals surface area contributed by atoms with Crippen LogP contribution in [0.5, 0.6) is 0 Å². The van der Waals surface area contributed by atoms with E-state index in [1.165, 1.54) is 64.2 Å². The molecule has 2 heterocycles. The van der Waals surface area contributed by atoms with Crippen molar-refractivity contribution >= 4 is 28.0 Å². The second kappa shape index (κ2) is 15.3. The number of anilines is 3. The molecule has 0 radical (unpaired) electrons. The lowest BCUT2D eigenvalue weighted by Crippen LogP contribution is -2.48. The van der Waals surface area contributed by atoms with Crippen molar-refractivity contribution in [2.24, 2.45) is 11.8 Å². The molecule has 12 nitrogen and oxygen atoms in total. The van der Waals surface area contributed by atoms with Crippen LogP contribution in [0.15, 0.2) is 0 Å². The zero-order chi connectivity index (χ0) is 27.5. The van der Waals surface area contributed by atoms with Gasteiger partial charge >= 0.3 is 0 Å². The average Bonchev–Trinajstić information content (AvgIpc) is 2.93. The summed E-state index contributed by atoms with van der Waals surface area (Å²) in [5.41, 5.74) is 5.99. The van der Waals surface area contributed by atoms with Crippen molar-refractivity contribution in [3.8, 4) is 0 Å². The molecule has 0 amide bonds. The van der Waals surface area contributed by atoms with Crippen LogP contribution in [0.4, 0.5) is 17.8 Å². The molecule has 0 bridgehead atoms. The van der Waals surface area contributed by atoms with Crippen molar-refractivity contribution in [1.29, 1.82) is 0 Å². The highest BCUT2D eigenvalue weighted by molar-refractivity contribution is 7.85. The Morgan fingerprint density at radius 3 is 2.26 bits per heavy atom. The minimum Gasteiger partial charge on any atom is -0.368 e. The third-order valence-electron chi connectivity index (χ3n) is 8.48. The summed E-state index contributed by atoms with van der Waals surface area (Å²) >= 11 is 0. The summed E-state index contributed by atoms with van der Waals surface area (Å²) in [4.78, 5) is 17.3. The number of nitrogens with one attached hydrogen (secondary N) is 3. The summed E-state index contributed by atoms with van der Waals surface area (Å²) in [6, 6.07) is 0.756. The fourth-order valence-corrected chi connectivity index (χ4v) is 6.51. The molecule has 0 spiro atoms. The van der Waals surface area contributed by atoms with Gasteiger partial charge in [0.2, 0.25) is 17.8 Å². The van der Waals surface area contributed by atoms with E-state index in [4.69, 9.17) is 10.3 Å². The smallest absolute Gasteiger partial charge is 0.266 e. The van der Waals surface area contributed by atoms with Gasteiger partial charge in [0.15, 0.2) is 0 Å². The average molecular weight is 568 g/mol. The van der Waals surface area contributed by atoms with E-state index >= 15 is 0 Å². The first-order chi connectivity index (χ1) is 18.8. The Morgan fingerprint density at radius 2 is 1.56 bits per heavy atom. The lowest BCUT2D eigenvalue weighted by Gasteiger charge is -2.34. The highest BCUT2D eigenvalue weighted by atomic mass is 32.2. The fraction of sp³-hybridized carbons (Fsp3) is 0.885. The second-order valence-electron chi connectivity index (χ2n) is 11.5. The summed E-state index contributed by atoms with van der Waals surface area (Å²) in [6.45, 7) is 7.15. The maximum absolute atomic E-state index is 11.0. The van der Waals surface area contributed by atoms with E-state index < -0.39 is 10.1 Å². The van der Waals surface area contributed by atoms with Crippen LogP contribution < -0.4 is 26.6 Å². The molecule has 4 rings (SSSR count). The molecule has 222 valence electrons. The Morgan fingerprint density at radius 1 is 0.872 bits per heavy atom. The van der Waals surface area contributed by atoms with Crippen LogP contribution in [0, 0.1) is 11.8 Å². The van der Waals surface area contributed by atoms with E-state index in [9.17, 15) is 8.42 Å². The van der Waals surface area contributed by atoms with Crippen LogP contribution in [0.1, 0.15) is 64.2 Å². The summed E-state index contributed by atoms with van der Waals surface area (Å²) in [5.74, 6) is 2.37. The van der Waals surface area contributed by atoms with E-state index in [1.54, 1.807) is 0 Å². The van der Waals surface area contributed by atoms with Crippen molar-refractivity contribution in [3.05, 3.63) is 0 Å². The molecule has 0 aromatic carbocycles. The molecular weight excluding hydrogens is 518 g/mol. The normalized spacial score (nSPS) is 23.7. The number of nitrogens with zero attached hydrogens (tertiary/aromatic N) is 5. The largest absolute Gasteiger partial charge is 0.368 e. The Hall–Kier alpha value is -1.80. The SMILES string of the molecule is Nc1nc(NC[C@H]2CC[C@H](CNCCCNC3CCCCC3)CC2)nc(N2CCN(CCS(=O)(=O)O)CC2)n1. The van der Waals surface area contributed by atoms with E-state index in [-0.39, 0.29) is 11.7 Å². The first-order valence-corrected chi connectivity index (χ1v) is 16.6. The van der Waals surface area contributed by atoms with Gasteiger partial charge in [0, 0.05) is 45.3 Å². The number of hydrogen-bond donors (Lipinski definition) is 5. The van der Waals surface area contributed by atoms with Crippen molar-refractivity contribution in [2.45, 2.75) is 70.3 Å². The first-order valence-electron chi connectivity index (χ1n) is 15.0. The Labute approximate surface area is 234 Å². The maximum Gasteiger partial charge on any atom is 0.266 e. The van der Waals surface area contributed by atoms with E-state index in [2.05, 4.69) is 30.9 Å². The van der Waals surface area contributed by atoms with Crippen LogP contribution in [0.3, 0.4) is 0 Å². The predicted octanol–water partition coefficient (Wildman–Crippen LogP) is 1.58. The third-order valence-corrected chi connectivity index (χ3v) is 9.18. The molecular formula is C26H49N9O3S. The first kappa shape index (κ1) is 30.2. The number of aromatic nitrogens is 3. The molecule has 6 N–H and O–H groups in total. The highest BCUT2D eigenvalue weighted by Gasteiger charge is 2.23. The lowest BCUT2D eigenvalue weighted by atomic mass is 9.82. The molecule has 1 aliphatic heterocycles. The highest BCUT2D eigenvalue weighted by Crippen LogP contribution is 2.28. The molecule has 1 aromatic heterocycles. The van der Waals surface area contributed by atoms with Crippen molar-refractivity contribution in [3.63, 3.8) is 0 Å². The van der Waals surface area contributed by atoms with Gasteiger partial charge in [0.25, 0.3) is 10.1 Å². The van der Waals surface area contributed by atoms with Gasteiger partial charge in [-0.05, 0) is 76.4 Å². The zero-order valence-corrected chi connectivity index (χ0v) is 24.2. The number of piperazine rings is 1. The number of nitrogens with two attached hydrogens (primary N) is 1. The molecule has 2 saturated carbocycles. The van der Waals surface area contributed by atoms with Gasteiger partial charge in [-0.25, -0.2) is 0 Å². The van der Waals surface area contributed by atoms with E-state index in [0.717, 1.165) is 38.1 Å². The molecule has 1 aromatic rings. The van der Waals surface area contributed by atoms with Crippen molar-refractivity contribution in [1.82, 2.24) is 30.5 Å². The Kier molecular flexibility index (Phi) is 11.8. The predicted molar refractivity (Wildman–Crippen MR) is 156 cm³/mol. The quantitative estimate of drug-likeness (QED) is 0.163. The van der Waals surface area contributed by atoms with Gasteiger partial charge in [-0.2, -0.15) is 23.4 Å². The van der Waals surface area contributed by atoms with E-state index in [1.807, 2.05) is 9.80 Å². The molecule has 13 heteroatoms. The van der Waals surface area contributed by atoms with Crippen molar-refractivity contribution in [2.75, 3.05) is 80.6 Å². The molecule has 3 fully saturated rings. The van der Waals surface area contributed by atoms with Crippen LogP contribution in [0.25, 0.3) is 0 Å². The van der Waals surface area contributed by atoms with E-state index in [0.29, 0.717) is 50.5 Å². The van der Waals surface area contributed by atoms with Gasteiger partial charge in [0.1, 0.15) is 0 Å². The minimum atomic E-state index is -3.95. The van der Waals surface area contributed by atoms with Crippen LogP contribution in [0.2, 0.25) is 0 Å². The number of rotatable bonds is 14.